The smallest absolute Gasteiger partial charge is 0.378 e. The van der Waals surface area contributed by atoms with Crippen LogP contribution in [0.25, 0.3) is 0 Å². The zero-order valence-corrected chi connectivity index (χ0v) is 14.7. The van der Waals surface area contributed by atoms with E-state index in [1.54, 1.807) is 0 Å². The number of carbonyl (C=O) groups is 1. The van der Waals surface area contributed by atoms with Crippen molar-refractivity contribution in [3.05, 3.63) is 59.7 Å². The lowest BCUT2D eigenvalue weighted by molar-refractivity contribution is -0.137. The maximum Gasteiger partial charge on any atom is 0.416 e. The molecule has 7 heteroatoms. The molecule has 0 saturated heterocycles. The third-order valence-corrected chi connectivity index (χ3v) is 3.85. The first-order valence-corrected chi connectivity index (χ1v) is 8.24. The van der Waals surface area contributed by atoms with E-state index >= 15 is 0 Å². The van der Waals surface area contributed by atoms with Crippen LogP contribution in [-0.4, -0.2) is 26.7 Å². The number of amides is 2. The number of aryl methyl sites for hydroxylation is 1. The number of anilines is 2. The van der Waals surface area contributed by atoms with Gasteiger partial charge in [0.25, 0.3) is 0 Å². The highest BCUT2D eigenvalue weighted by Crippen LogP contribution is 2.29. The van der Waals surface area contributed by atoms with Gasteiger partial charge in [0.05, 0.1) is 5.56 Å². The van der Waals surface area contributed by atoms with Crippen molar-refractivity contribution < 1.29 is 18.0 Å². The van der Waals surface area contributed by atoms with E-state index in [1.807, 2.05) is 31.1 Å². The molecular formula is C19H22F3N3O. The van der Waals surface area contributed by atoms with Gasteiger partial charge in [0, 0.05) is 32.0 Å². The largest absolute Gasteiger partial charge is 0.416 e. The zero-order valence-electron chi connectivity index (χ0n) is 14.7. The number of carbonyl (C=O) groups excluding carboxylic acids is 1. The van der Waals surface area contributed by atoms with Gasteiger partial charge < -0.3 is 15.5 Å². The average molecular weight is 365 g/mol. The van der Waals surface area contributed by atoms with Gasteiger partial charge in [-0.25, -0.2) is 4.79 Å². The highest BCUT2D eigenvalue weighted by Gasteiger charge is 2.29. The average Bonchev–Trinajstić information content (AvgIpc) is 2.59. The molecule has 0 unspecified atom stereocenters. The van der Waals surface area contributed by atoms with Crippen LogP contribution in [-0.2, 0) is 12.6 Å². The summed E-state index contributed by atoms with van der Waals surface area (Å²) in [6.45, 7) is 0.474. The van der Waals surface area contributed by atoms with Crippen molar-refractivity contribution in [2.75, 3.05) is 30.9 Å². The predicted octanol–water partition coefficient (Wildman–Crippen LogP) is 4.53. The van der Waals surface area contributed by atoms with Crippen LogP contribution in [0.15, 0.2) is 48.5 Å². The maximum absolute atomic E-state index is 12.5. The Balaban J connectivity index is 1.72. The molecule has 0 spiro atoms. The van der Waals surface area contributed by atoms with E-state index < -0.39 is 17.8 Å². The molecule has 140 valence electrons. The summed E-state index contributed by atoms with van der Waals surface area (Å²) in [5.74, 6) is 0. The summed E-state index contributed by atoms with van der Waals surface area (Å²) in [4.78, 5) is 13.8. The van der Waals surface area contributed by atoms with Crippen LogP contribution in [0.5, 0.6) is 0 Å². The number of rotatable bonds is 6. The molecule has 0 aliphatic carbocycles. The standard InChI is InChI=1S/C19H22F3N3O/c1-25(2)17-11-5-14(6-12-17)4-3-13-23-18(26)24-16-9-7-15(8-10-16)19(20,21)22/h5-12H,3-4,13H2,1-2H3,(H2,23,24,26). The maximum atomic E-state index is 12.5. The molecule has 2 aromatic rings. The lowest BCUT2D eigenvalue weighted by atomic mass is 10.1. The number of benzene rings is 2. The van der Waals surface area contributed by atoms with E-state index in [1.165, 1.54) is 17.7 Å². The molecule has 0 atom stereocenters. The minimum Gasteiger partial charge on any atom is -0.378 e. The van der Waals surface area contributed by atoms with Gasteiger partial charge in [0.1, 0.15) is 0 Å². The van der Waals surface area contributed by atoms with Gasteiger partial charge >= 0.3 is 12.2 Å². The normalized spacial score (nSPS) is 11.1. The van der Waals surface area contributed by atoms with E-state index in [4.69, 9.17) is 0 Å². The van der Waals surface area contributed by atoms with Gasteiger partial charge in [0.15, 0.2) is 0 Å². The fourth-order valence-electron chi connectivity index (χ4n) is 2.37. The first-order valence-electron chi connectivity index (χ1n) is 8.24. The van der Waals surface area contributed by atoms with Crippen LogP contribution in [0.4, 0.5) is 29.3 Å². The Labute approximate surface area is 151 Å². The Hall–Kier alpha value is -2.70. The molecular weight excluding hydrogens is 343 g/mol. The molecule has 26 heavy (non-hydrogen) atoms. The topological polar surface area (TPSA) is 44.4 Å². The summed E-state index contributed by atoms with van der Waals surface area (Å²) in [6.07, 6.45) is -2.79. The molecule has 0 fully saturated rings. The van der Waals surface area contributed by atoms with Crippen molar-refractivity contribution in [3.8, 4) is 0 Å². The van der Waals surface area contributed by atoms with Gasteiger partial charge in [-0.05, 0) is 54.8 Å². The SMILES string of the molecule is CN(C)c1ccc(CCCNC(=O)Nc2ccc(C(F)(F)F)cc2)cc1. The van der Waals surface area contributed by atoms with E-state index in [9.17, 15) is 18.0 Å². The molecule has 2 aromatic carbocycles. The first kappa shape index (κ1) is 19.6. The zero-order chi connectivity index (χ0) is 19.2. The van der Waals surface area contributed by atoms with Crippen molar-refractivity contribution in [1.29, 1.82) is 0 Å². The minimum atomic E-state index is -4.38. The third-order valence-electron chi connectivity index (χ3n) is 3.85. The van der Waals surface area contributed by atoms with Crippen molar-refractivity contribution in [2.24, 2.45) is 0 Å². The molecule has 0 aliphatic rings. The van der Waals surface area contributed by atoms with E-state index in [2.05, 4.69) is 22.8 Å². The first-order chi connectivity index (χ1) is 12.3. The van der Waals surface area contributed by atoms with Crippen LogP contribution in [0.1, 0.15) is 17.5 Å². The Morgan fingerprint density at radius 1 is 1.00 bits per heavy atom. The predicted molar refractivity (Wildman–Crippen MR) is 97.6 cm³/mol. The molecule has 0 aromatic heterocycles. The number of nitrogens with one attached hydrogen (secondary N) is 2. The Morgan fingerprint density at radius 3 is 2.15 bits per heavy atom. The van der Waals surface area contributed by atoms with Gasteiger partial charge in [-0.2, -0.15) is 13.2 Å². The lowest BCUT2D eigenvalue weighted by Crippen LogP contribution is -2.29. The van der Waals surface area contributed by atoms with Crippen LogP contribution < -0.4 is 15.5 Å². The minimum absolute atomic E-state index is 0.315. The van der Waals surface area contributed by atoms with Crippen LogP contribution >= 0.6 is 0 Å². The second-order valence-corrected chi connectivity index (χ2v) is 6.12. The molecule has 0 radical (unpaired) electrons. The van der Waals surface area contributed by atoms with Crippen molar-refractivity contribution >= 4 is 17.4 Å². The second-order valence-electron chi connectivity index (χ2n) is 6.12. The highest BCUT2D eigenvalue weighted by molar-refractivity contribution is 5.89. The van der Waals surface area contributed by atoms with E-state index in [0.29, 0.717) is 12.2 Å². The number of alkyl halides is 3. The Kier molecular flexibility index (Phi) is 6.49. The third kappa shape index (κ3) is 5.98. The van der Waals surface area contributed by atoms with Crippen molar-refractivity contribution in [1.82, 2.24) is 5.32 Å². The Morgan fingerprint density at radius 2 is 1.62 bits per heavy atom. The summed E-state index contributed by atoms with van der Waals surface area (Å²) in [5.41, 5.74) is 1.88. The number of urea groups is 1. The van der Waals surface area contributed by atoms with Crippen molar-refractivity contribution in [3.63, 3.8) is 0 Å². The Bertz CT molecular complexity index is 710. The number of hydrogen-bond acceptors (Lipinski definition) is 2. The molecule has 2 amide bonds. The van der Waals surface area contributed by atoms with E-state index in [-0.39, 0.29) is 0 Å². The van der Waals surface area contributed by atoms with Crippen LogP contribution in [0, 0.1) is 0 Å². The molecule has 0 heterocycles. The molecule has 0 aliphatic heterocycles. The summed E-state index contributed by atoms with van der Waals surface area (Å²) in [7, 11) is 3.96. The number of halogens is 3. The van der Waals surface area contributed by atoms with E-state index in [0.717, 1.165) is 30.7 Å². The molecule has 2 N–H and O–H groups in total. The summed E-state index contributed by atoms with van der Waals surface area (Å²) in [6, 6.07) is 12.1. The quantitative estimate of drug-likeness (QED) is 0.739. The lowest BCUT2D eigenvalue weighted by Gasteiger charge is -2.13. The molecule has 0 saturated carbocycles. The fourth-order valence-corrected chi connectivity index (χ4v) is 2.37. The van der Waals surface area contributed by atoms with Gasteiger partial charge in [-0.15, -0.1) is 0 Å². The number of nitrogens with zero attached hydrogens (tertiary/aromatic N) is 1. The van der Waals surface area contributed by atoms with Crippen molar-refractivity contribution in [2.45, 2.75) is 19.0 Å². The molecule has 4 nitrogen and oxygen atoms in total. The fraction of sp³-hybridized carbons (Fsp3) is 0.316. The van der Waals surface area contributed by atoms with Gasteiger partial charge in [-0.3, -0.25) is 0 Å². The summed E-state index contributed by atoms with van der Waals surface area (Å²) in [5, 5.41) is 5.21. The molecule has 2 rings (SSSR count). The van der Waals surface area contributed by atoms with Crippen LogP contribution in [0.3, 0.4) is 0 Å². The van der Waals surface area contributed by atoms with Gasteiger partial charge in [-0.1, -0.05) is 12.1 Å². The highest BCUT2D eigenvalue weighted by atomic mass is 19.4. The molecule has 0 bridgehead atoms. The van der Waals surface area contributed by atoms with Gasteiger partial charge in [0.2, 0.25) is 0 Å². The summed E-state index contributed by atoms with van der Waals surface area (Å²) >= 11 is 0. The second kappa shape index (κ2) is 8.60. The van der Waals surface area contributed by atoms with Crippen LogP contribution in [0.2, 0.25) is 0 Å². The monoisotopic (exact) mass is 365 g/mol. The number of hydrogen-bond donors (Lipinski definition) is 2. The summed E-state index contributed by atoms with van der Waals surface area (Å²) < 4.78 is 37.5.